The summed E-state index contributed by atoms with van der Waals surface area (Å²) < 4.78 is 5.45. The summed E-state index contributed by atoms with van der Waals surface area (Å²) in [5, 5.41) is 9.52. The fraction of sp³-hybridized carbons (Fsp3) is 0.562. The van der Waals surface area contributed by atoms with E-state index in [1.807, 2.05) is 13.1 Å². The maximum Gasteiger partial charge on any atom is 0.177 e. The third-order valence-electron chi connectivity index (χ3n) is 4.22. The Balaban J connectivity index is 0.00000176. The molecule has 3 heterocycles. The molecule has 0 radical (unpaired) electrons. The molecule has 3 rings (SSSR count). The molecule has 1 saturated heterocycles. The largest absolute Gasteiger partial charge is 0.355 e. The maximum absolute atomic E-state index is 5.45. The smallest absolute Gasteiger partial charge is 0.177 e. The predicted molar refractivity (Wildman–Crippen MR) is 93.6 cm³/mol. The van der Waals surface area contributed by atoms with E-state index >= 15 is 0 Å². The Morgan fingerprint density at radius 2 is 2.23 bits per heavy atom. The van der Waals surface area contributed by atoms with Gasteiger partial charge in [0.25, 0.3) is 0 Å². The molecule has 6 heteroatoms. The quantitative estimate of drug-likeness (QED) is 0.870. The molecule has 0 atom stereocenters. The minimum Gasteiger partial charge on any atom is -0.355 e. The molecule has 0 saturated carbocycles. The Morgan fingerprint density at radius 3 is 2.91 bits per heavy atom. The van der Waals surface area contributed by atoms with Crippen LogP contribution in [0.1, 0.15) is 25.0 Å². The summed E-state index contributed by atoms with van der Waals surface area (Å²) in [6, 6.07) is 6.19. The molecule has 4 nitrogen and oxygen atoms in total. The van der Waals surface area contributed by atoms with Crippen molar-refractivity contribution in [1.82, 2.24) is 15.4 Å². The van der Waals surface area contributed by atoms with Gasteiger partial charge in [0.1, 0.15) is 0 Å². The molecule has 22 heavy (non-hydrogen) atoms. The molecule has 0 aliphatic carbocycles. The van der Waals surface area contributed by atoms with Crippen LogP contribution in [0.25, 0.3) is 10.6 Å². The van der Waals surface area contributed by atoms with Crippen molar-refractivity contribution in [3.05, 3.63) is 29.3 Å². The SMILES string of the molecule is CNCCC1CCN(Cc2cc(-c3cccs3)on2)CC1.Cl. The van der Waals surface area contributed by atoms with Crippen LogP contribution in [0.15, 0.2) is 28.1 Å². The summed E-state index contributed by atoms with van der Waals surface area (Å²) in [5.74, 6) is 1.77. The molecule has 0 aromatic carbocycles. The molecule has 2 aromatic heterocycles. The lowest BCUT2D eigenvalue weighted by Crippen LogP contribution is -2.34. The van der Waals surface area contributed by atoms with E-state index in [9.17, 15) is 0 Å². The van der Waals surface area contributed by atoms with Crippen molar-refractivity contribution in [2.75, 3.05) is 26.7 Å². The summed E-state index contributed by atoms with van der Waals surface area (Å²) in [6.07, 6.45) is 3.91. The van der Waals surface area contributed by atoms with Crippen LogP contribution < -0.4 is 5.32 Å². The number of piperidine rings is 1. The summed E-state index contributed by atoms with van der Waals surface area (Å²) >= 11 is 1.69. The van der Waals surface area contributed by atoms with Gasteiger partial charge in [0.05, 0.1) is 10.6 Å². The molecule has 1 aliphatic heterocycles. The third kappa shape index (κ3) is 4.56. The van der Waals surface area contributed by atoms with Crippen molar-refractivity contribution in [2.24, 2.45) is 5.92 Å². The average Bonchev–Trinajstić information content (AvgIpc) is 3.17. The Kier molecular flexibility index (Phi) is 6.89. The lowest BCUT2D eigenvalue weighted by Gasteiger charge is -2.31. The topological polar surface area (TPSA) is 41.3 Å². The molecule has 1 aliphatic rings. The predicted octanol–water partition coefficient (Wildman–Crippen LogP) is 3.65. The minimum absolute atomic E-state index is 0. The molecule has 1 N–H and O–H groups in total. The highest BCUT2D eigenvalue weighted by Crippen LogP contribution is 2.26. The second-order valence-electron chi connectivity index (χ2n) is 5.77. The molecular formula is C16H24ClN3OS. The fourth-order valence-corrected chi connectivity index (χ4v) is 3.61. The van der Waals surface area contributed by atoms with E-state index in [0.717, 1.165) is 35.3 Å². The van der Waals surface area contributed by atoms with Crippen molar-refractivity contribution in [3.8, 4) is 10.6 Å². The number of aromatic nitrogens is 1. The number of nitrogens with one attached hydrogen (secondary N) is 1. The van der Waals surface area contributed by atoms with E-state index in [0.29, 0.717) is 0 Å². The summed E-state index contributed by atoms with van der Waals surface area (Å²) in [6.45, 7) is 4.40. The van der Waals surface area contributed by atoms with E-state index in [4.69, 9.17) is 4.52 Å². The van der Waals surface area contributed by atoms with E-state index in [2.05, 4.69) is 32.9 Å². The van der Waals surface area contributed by atoms with Gasteiger partial charge in [-0.2, -0.15) is 0 Å². The Morgan fingerprint density at radius 1 is 1.41 bits per heavy atom. The van der Waals surface area contributed by atoms with Crippen LogP contribution in [0.2, 0.25) is 0 Å². The van der Waals surface area contributed by atoms with E-state index in [1.165, 1.54) is 32.4 Å². The van der Waals surface area contributed by atoms with Crippen molar-refractivity contribution in [1.29, 1.82) is 0 Å². The molecule has 0 amide bonds. The zero-order chi connectivity index (χ0) is 14.5. The van der Waals surface area contributed by atoms with Crippen LogP contribution >= 0.6 is 23.7 Å². The van der Waals surface area contributed by atoms with Gasteiger partial charge in [-0.15, -0.1) is 23.7 Å². The summed E-state index contributed by atoms with van der Waals surface area (Å²) in [7, 11) is 2.03. The van der Waals surface area contributed by atoms with Crippen LogP contribution in [0.3, 0.4) is 0 Å². The van der Waals surface area contributed by atoms with Crippen molar-refractivity contribution < 1.29 is 4.52 Å². The summed E-state index contributed by atoms with van der Waals surface area (Å²) in [4.78, 5) is 3.64. The van der Waals surface area contributed by atoms with Gasteiger partial charge < -0.3 is 9.84 Å². The van der Waals surface area contributed by atoms with Crippen LogP contribution in [-0.2, 0) is 6.54 Å². The zero-order valence-corrected chi connectivity index (χ0v) is 14.6. The normalized spacial score (nSPS) is 16.6. The van der Waals surface area contributed by atoms with E-state index < -0.39 is 0 Å². The van der Waals surface area contributed by atoms with Gasteiger partial charge in [-0.3, -0.25) is 4.90 Å². The molecular weight excluding hydrogens is 318 g/mol. The van der Waals surface area contributed by atoms with Crippen LogP contribution in [0, 0.1) is 5.92 Å². The Bertz CT molecular complexity index is 535. The highest BCUT2D eigenvalue weighted by atomic mass is 35.5. The van der Waals surface area contributed by atoms with Gasteiger partial charge in [0, 0.05) is 12.6 Å². The summed E-state index contributed by atoms with van der Waals surface area (Å²) in [5.41, 5.74) is 1.05. The van der Waals surface area contributed by atoms with Crippen molar-refractivity contribution in [2.45, 2.75) is 25.8 Å². The monoisotopic (exact) mass is 341 g/mol. The number of likely N-dealkylation sites (tertiary alicyclic amines) is 1. The van der Waals surface area contributed by atoms with Crippen molar-refractivity contribution in [3.63, 3.8) is 0 Å². The first-order valence-electron chi connectivity index (χ1n) is 7.71. The third-order valence-corrected chi connectivity index (χ3v) is 5.10. The number of hydrogen-bond donors (Lipinski definition) is 1. The fourth-order valence-electron chi connectivity index (χ4n) is 2.93. The van der Waals surface area contributed by atoms with Gasteiger partial charge in [-0.05, 0) is 63.3 Å². The van der Waals surface area contributed by atoms with Gasteiger partial charge >= 0.3 is 0 Å². The average molecular weight is 342 g/mol. The second-order valence-corrected chi connectivity index (χ2v) is 6.72. The second kappa shape index (κ2) is 8.67. The molecule has 122 valence electrons. The first-order valence-corrected chi connectivity index (χ1v) is 8.59. The van der Waals surface area contributed by atoms with Gasteiger partial charge in [-0.25, -0.2) is 0 Å². The number of hydrogen-bond acceptors (Lipinski definition) is 5. The number of thiophene rings is 1. The first kappa shape index (κ1) is 17.5. The molecule has 0 unspecified atom stereocenters. The maximum atomic E-state index is 5.45. The van der Waals surface area contributed by atoms with E-state index in [1.54, 1.807) is 11.3 Å². The van der Waals surface area contributed by atoms with Crippen LogP contribution in [0.5, 0.6) is 0 Å². The van der Waals surface area contributed by atoms with Crippen LogP contribution in [0.4, 0.5) is 0 Å². The molecule has 1 fully saturated rings. The first-order chi connectivity index (χ1) is 10.3. The number of nitrogens with zero attached hydrogens (tertiary/aromatic N) is 2. The standard InChI is InChI=1S/C16H23N3OS.ClH/c1-17-7-4-13-5-8-19(9-6-13)12-14-11-15(20-18-14)16-3-2-10-21-16;/h2-3,10-11,13,17H,4-9,12H2,1H3;1H. The zero-order valence-electron chi connectivity index (χ0n) is 13.0. The van der Waals surface area contributed by atoms with Gasteiger partial charge in [-0.1, -0.05) is 11.2 Å². The number of halogens is 1. The minimum atomic E-state index is 0. The highest BCUT2D eigenvalue weighted by molar-refractivity contribution is 7.13. The molecule has 0 bridgehead atoms. The lowest BCUT2D eigenvalue weighted by atomic mass is 9.93. The van der Waals surface area contributed by atoms with Crippen molar-refractivity contribution >= 4 is 23.7 Å². The molecule has 2 aromatic rings. The van der Waals surface area contributed by atoms with Crippen LogP contribution in [-0.4, -0.2) is 36.7 Å². The lowest BCUT2D eigenvalue weighted by molar-refractivity contribution is 0.169. The van der Waals surface area contributed by atoms with Gasteiger partial charge in [0.2, 0.25) is 0 Å². The Labute approximate surface area is 142 Å². The Hall–Kier alpha value is -0.880. The van der Waals surface area contributed by atoms with Gasteiger partial charge in [0.15, 0.2) is 5.76 Å². The highest BCUT2D eigenvalue weighted by Gasteiger charge is 2.20. The number of rotatable bonds is 6. The molecule has 0 spiro atoms. The van der Waals surface area contributed by atoms with E-state index in [-0.39, 0.29) is 12.4 Å².